The Hall–Kier alpha value is -1.12. The van der Waals surface area contributed by atoms with Crippen LogP contribution in [0, 0.1) is 0 Å². The molecule has 0 atom stereocenters. The van der Waals surface area contributed by atoms with E-state index in [2.05, 4.69) is 5.16 Å². The molecular weight excluding hydrogens is 262 g/mol. The largest absolute Gasteiger partial charge is 0.409 e. The molecule has 0 amide bonds. The Morgan fingerprint density at radius 1 is 1.65 bits per heavy atom. The number of rotatable bonds is 6. The van der Waals surface area contributed by atoms with Crippen molar-refractivity contribution in [2.24, 2.45) is 10.9 Å². The van der Waals surface area contributed by atoms with Crippen LogP contribution in [0.1, 0.15) is 13.3 Å². The molecular formula is C9H15N3O3S2. The van der Waals surface area contributed by atoms with Gasteiger partial charge in [-0.15, -0.1) is 11.3 Å². The first-order valence-corrected chi connectivity index (χ1v) is 7.34. The highest BCUT2D eigenvalue weighted by Gasteiger charge is 2.25. The topological polar surface area (TPSA) is 96.0 Å². The molecule has 1 aromatic heterocycles. The number of amidine groups is 1. The summed E-state index contributed by atoms with van der Waals surface area (Å²) in [4.78, 5) is 0. The fraction of sp³-hybridized carbons (Fsp3) is 0.444. The van der Waals surface area contributed by atoms with Crippen LogP contribution < -0.4 is 5.73 Å². The van der Waals surface area contributed by atoms with Gasteiger partial charge in [-0.1, -0.05) is 18.1 Å². The summed E-state index contributed by atoms with van der Waals surface area (Å²) in [5.74, 6) is -0.126. The van der Waals surface area contributed by atoms with E-state index in [0.717, 1.165) is 11.3 Å². The third-order valence-electron chi connectivity index (χ3n) is 2.03. The van der Waals surface area contributed by atoms with Crippen LogP contribution in [0.4, 0.5) is 0 Å². The van der Waals surface area contributed by atoms with Gasteiger partial charge >= 0.3 is 0 Å². The molecule has 0 fully saturated rings. The lowest BCUT2D eigenvalue weighted by molar-refractivity contribution is 0.314. The monoisotopic (exact) mass is 277 g/mol. The number of thiophene rings is 1. The van der Waals surface area contributed by atoms with Crippen molar-refractivity contribution in [1.82, 2.24) is 4.31 Å². The van der Waals surface area contributed by atoms with E-state index < -0.39 is 10.0 Å². The lowest BCUT2D eigenvalue weighted by Gasteiger charge is -2.19. The van der Waals surface area contributed by atoms with Gasteiger partial charge in [0.2, 0.25) is 0 Å². The molecule has 0 bridgehead atoms. The summed E-state index contributed by atoms with van der Waals surface area (Å²) in [6, 6.07) is 3.21. The summed E-state index contributed by atoms with van der Waals surface area (Å²) in [6.45, 7) is 2.09. The fourth-order valence-corrected chi connectivity index (χ4v) is 3.93. The van der Waals surface area contributed by atoms with Crippen LogP contribution in [0.2, 0.25) is 0 Å². The van der Waals surface area contributed by atoms with Gasteiger partial charge in [0.1, 0.15) is 4.21 Å². The molecule has 1 aromatic rings. The second kappa shape index (κ2) is 5.99. The highest BCUT2D eigenvalue weighted by Crippen LogP contribution is 2.20. The zero-order chi connectivity index (χ0) is 12.9. The quantitative estimate of drug-likeness (QED) is 0.349. The molecule has 17 heavy (non-hydrogen) atoms. The van der Waals surface area contributed by atoms with Gasteiger partial charge in [0.15, 0.2) is 5.84 Å². The number of nitrogens with two attached hydrogens (primary N) is 1. The summed E-state index contributed by atoms with van der Waals surface area (Å²) in [5.41, 5.74) is 5.35. The number of hydrogen-bond donors (Lipinski definition) is 2. The molecule has 0 saturated heterocycles. The fourth-order valence-electron chi connectivity index (χ4n) is 1.28. The van der Waals surface area contributed by atoms with Gasteiger partial charge in [-0.2, -0.15) is 4.31 Å². The van der Waals surface area contributed by atoms with Crippen molar-refractivity contribution in [3.63, 3.8) is 0 Å². The number of nitrogens with zero attached hydrogens (tertiary/aromatic N) is 2. The first kappa shape index (κ1) is 13.9. The molecule has 0 unspecified atom stereocenters. The van der Waals surface area contributed by atoms with E-state index in [-0.39, 0.29) is 16.6 Å². The molecule has 0 aliphatic rings. The van der Waals surface area contributed by atoms with Crippen molar-refractivity contribution in [2.45, 2.75) is 17.6 Å². The van der Waals surface area contributed by atoms with E-state index in [0.29, 0.717) is 13.0 Å². The molecule has 3 N–H and O–H groups in total. The molecule has 0 spiro atoms. The summed E-state index contributed by atoms with van der Waals surface area (Å²) in [5, 5.41) is 13.0. The minimum Gasteiger partial charge on any atom is -0.409 e. The lowest BCUT2D eigenvalue weighted by atomic mass is 10.4. The van der Waals surface area contributed by atoms with Gasteiger partial charge < -0.3 is 10.9 Å². The number of hydrogen-bond acceptors (Lipinski definition) is 5. The molecule has 0 aliphatic heterocycles. The van der Waals surface area contributed by atoms with E-state index in [1.54, 1.807) is 11.4 Å². The summed E-state index contributed by atoms with van der Waals surface area (Å²) in [6.07, 6.45) is 0.656. The van der Waals surface area contributed by atoms with Crippen LogP contribution in [0.5, 0.6) is 0 Å². The Labute approximate surface area is 104 Å². The van der Waals surface area contributed by atoms with Crippen LogP contribution in [0.3, 0.4) is 0 Å². The van der Waals surface area contributed by atoms with Crippen molar-refractivity contribution in [3.05, 3.63) is 17.5 Å². The van der Waals surface area contributed by atoms with E-state index in [4.69, 9.17) is 10.9 Å². The second-order valence-electron chi connectivity index (χ2n) is 3.36. The number of sulfonamides is 1. The van der Waals surface area contributed by atoms with E-state index in [1.807, 2.05) is 6.92 Å². The van der Waals surface area contributed by atoms with E-state index in [1.165, 1.54) is 10.4 Å². The van der Waals surface area contributed by atoms with Crippen molar-refractivity contribution in [1.29, 1.82) is 0 Å². The Morgan fingerprint density at radius 3 is 2.82 bits per heavy atom. The lowest BCUT2D eigenvalue weighted by Crippen LogP contribution is -2.38. The van der Waals surface area contributed by atoms with Crippen molar-refractivity contribution < 1.29 is 13.6 Å². The molecule has 6 nitrogen and oxygen atoms in total. The van der Waals surface area contributed by atoms with Crippen molar-refractivity contribution in [3.8, 4) is 0 Å². The summed E-state index contributed by atoms with van der Waals surface area (Å²) < 4.78 is 25.8. The molecule has 1 heterocycles. The predicted octanol–water partition coefficient (Wildman–Crippen LogP) is 0.895. The SMILES string of the molecule is CCCN(CC(N)=NO)S(=O)(=O)c1cccs1. The smallest absolute Gasteiger partial charge is 0.252 e. The van der Waals surface area contributed by atoms with E-state index >= 15 is 0 Å². The first-order chi connectivity index (χ1) is 8.02. The van der Waals surface area contributed by atoms with Gasteiger partial charge in [-0.25, -0.2) is 8.42 Å². The maximum absolute atomic E-state index is 12.2. The average molecular weight is 277 g/mol. The molecule has 1 rings (SSSR count). The van der Waals surface area contributed by atoms with Crippen molar-refractivity contribution >= 4 is 27.2 Å². The van der Waals surface area contributed by atoms with Gasteiger partial charge in [0.05, 0.1) is 6.54 Å². The van der Waals surface area contributed by atoms with Gasteiger partial charge in [0, 0.05) is 6.54 Å². The molecule has 0 saturated carbocycles. The minimum absolute atomic E-state index is 0.107. The van der Waals surface area contributed by atoms with Crippen LogP contribution in [0.15, 0.2) is 26.9 Å². The standard InChI is InChI=1S/C9H15N3O3S2/c1-2-5-12(7-8(10)11-13)17(14,15)9-4-3-6-16-9/h3-4,6,13H,2,5,7H2,1H3,(H2,10,11). The summed E-state index contributed by atoms with van der Waals surface area (Å²) >= 11 is 1.15. The average Bonchev–Trinajstić information content (AvgIpc) is 2.82. The van der Waals surface area contributed by atoms with Gasteiger partial charge in [-0.3, -0.25) is 0 Å². The molecule has 0 aromatic carbocycles. The Bertz CT molecular complexity index is 468. The maximum Gasteiger partial charge on any atom is 0.252 e. The molecule has 0 radical (unpaired) electrons. The zero-order valence-corrected chi connectivity index (χ0v) is 11.0. The van der Waals surface area contributed by atoms with Crippen LogP contribution in [-0.4, -0.2) is 36.9 Å². The number of oxime groups is 1. The van der Waals surface area contributed by atoms with E-state index in [9.17, 15) is 8.42 Å². The summed E-state index contributed by atoms with van der Waals surface area (Å²) in [7, 11) is -3.55. The maximum atomic E-state index is 12.2. The molecule has 0 aliphatic carbocycles. The highest BCUT2D eigenvalue weighted by molar-refractivity contribution is 7.91. The highest BCUT2D eigenvalue weighted by atomic mass is 32.2. The zero-order valence-electron chi connectivity index (χ0n) is 9.41. The third-order valence-corrected chi connectivity index (χ3v) is 5.25. The normalized spacial score (nSPS) is 13.2. The van der Waals surface area contributed by atoms with Crippen LogP contribution in [-0.2, 0) is 10.0 Å². The van der Waals surface area contributed by atoms with Crippen LogP contribution >= 0.6 is 11.3 Å². The van der Waals surface area contributed by atoms with Gasteiger partial charge in [0.25, 0.3) is 10.0 Å². The minimum atomic E-state index is -3.55. The first-order valence-electron chi connectivity index (χ1n) is 5.02. The third kappa shape index (κ3) is 3.42. The van der Waals surface area contributed by atoms with Crippen LogP contribution in [0.25, 0.3) is 0 Å². The Balaban J connectivity index is 2.98. The Morgan fingerprint density at radius 2 is 2.35 bits per heavy atom. The molecule has 8 heteroatoms. The molecule has 96 valence electrons. The predicted molar refractivity (Wildman–Crippen MR) is 66.8 cm³/mol. The van der Waals surface area contributed by atoms with Crippen molar-refractivity contribution in [2.75, 3.05) is 13.1 Å². The van der Waals surface area contributed by atoms with Gasteiger partial charge in [-0.05, 0) is 17.9 Å². The Kier molecular flexibility index (Phi) is 4.91. The second-order valence-corrected chi connectivity index (χ2v) is 6.47.